The molecule has 0 radical (unpaired) electrons. The van der Waals surface area contributed by atoms with Gasteiger partial charge >= 0.3 is 0 Å². The predicted molar refractivity (Wildman–Crippen MR) is 66.8 cm³/mol. The van der Waals surface area contributed by atoms with E-state index in [2.05, 4.69) is 12.1 Å². The fourth-order valence-corrected chi connectivity index (χ4v) is 2.86. The number of benzene rings is 1. The smallest absolute Gasteiger partial charge is 0.0762 e. The third kappa shape index (κ3) is 3.24. The monoisotopic (exact) mass is 238 g/mol. The molecule has 3 heteroatoms. The van der Waals surface area contributed by atoms with Crippen LogP contribution in [0.4, 0.5) is 0 Å². The third-order valence-electron chi connectivity index (χ3n) is 2.80. The number of aliphatic hydroxyl groups is 1. The first-order chi connectivity index (χ1) is 7.75. The van der Waals surface area contributed by atoms with Crippen molar-refractivity contribution < 1.29 is 9.84 Å². The minimum absolute atomic E-state index is 0.386. The van der Waals surface area contributed by atoms with Crippen LogP contribution < -0.4 is 0 Å². The van der Waals surface area contributed by atoms with Gasteiger partial charge in [-0.3, -0.25) is 0 Å². The van der Waals surface area contributed by atoms with Crippen molar-refractivity contribution in [3.05, 3.63) is 29.8 Å². The Kier molecular flexibility index (Phi) is 4.27. The first-order valence-corrected chi connectivity index (χ1v) is 6.76. The number of hydrogen-bond donors (Lipinski definition) is 1. The van der Waals surface area contributed by atoms with Crippen molar-refractivity contribution in [2.24, 2.45) is 0 Å². The summed E-state index contributed by atoms with van der Waals surface area (Å²) in [5, 5.41) is 9.49. The lowest BCUT2D eigenvalue weighted by Gasteiger charge is -2.10. The van der Waals surface area contributed by atoms with Gasteiger partial charge in [-0.2, -0.15) is 0 Å². The summed E-state index contributed by atoms with van der Waals surface area (Å²) in [6, 6.07) is 8.11. The zero-order chi connectivity index (χ0) is 11.4. The third-order valence-corrected chi connectivity index (χ3v) is 3.93. The van der Waals surface area contributed by atoms with E-state index in [1.165, 1.54) is 17.7 Å². The van der Waals surface area contributed by atoms with Crippen LogP contribution in [0.1, 0.15) is 31.4 Å². The van der Waals surface area contributed by atoms with Gasteiger partial charge in [0, 0.05) is 17.3 Å². The highest BCUT2D eigenvalue weighted by Gasteiger charge is 2.15. The molecule has 2 atom stereocenters. The maximum absolute atomic E-state index is 9.49. The highest BCUT2D eigenvalue weighted by Crippen LogP contribution is 2.25. The lowest BCUT2D eigenvalue weighted by molar-refractivity contribution is 0.129. The van der Waals surface area contributed by atoms with E-state index < -0.39 is 0 Å². The van der Waals surface area contributed by atoms with Gasteiger partial charge in [0.05, 0.1) is 12.2 Å². The summed E-state index contributed by atoms with van der Waals surface area (Å²) in [5.74, 6) is 1.02. The molecular formula is C13H18O2S. The molecule has 0 aliphatic carbocycles. The summed E-state index contributed by atoms with van der Waals surface area (Å²) < 4.78 is 5.58. The molecule has 0 bridgehead atoms. The van der Waals surface area contributed by atoms with Crippen LogP contribution in [-0.2, 0) is 4.74 Å². The zero-order valence-corrected chi connectivity index (χ0v) is 10.4. The molecule has 0 amide bonds. The van der Waals surface area contributed by atoms with Crippen molar-refractivity contribution in [2.75, 3.05) is 12.4 Å². The molecule has 1 aromatic carbocycles. The lowest BCUT2D eigenvalue weighted by atomic mass is 10.1. The topological polar surface area (TPSA) is 29.5 Å². The van der Waals surface area contributed by atoms with E-state index in [1.54, 1.807) is 6.92 Å². The fraction of sp³-hybridized carbons (Fsp3) is 0.538. The van der Waals surface area contributed by atoms with Gasteiger partial charge in [-0.1, -0.05) is 12.1 Å². The Morgan fingerprint density at radius 1 is 1.56 bits per heavy atom. The van der Waals surface area contributed by atoms with Gasteiger partial charge in [0.1, 0.15) is 0 Å². The number of aliphatic hydroxyl groups excluding tert-OH is 1. The van der Waals surface area contributed by atoms with E-state index in [9.17, 15) is 5.11 Å². The van der Waals surface area contributed by atoms with E-state index in [4.69, 9.17) is 4.74 Å². The zero-order valence-electron chi connectivity index (χ0n) is 9.56. The predicted octanol–water partition coefficient (Wildman–Crippen LogP) is 3.01. The molecule has 1 N–H and O–H groups in total. The van der Waals surface area contributed by atoms with Crippen molar-refractivity contribution >= 4 is 11.8 Å². The number of rotatable bonds is 4. The molecule has 1 heterocycles. The Balaban J connectivity index is 1.90. The van der Waals surface area contributed by atoms with Crippen LogP contribution in [0, 0.1) is 0 Å². The van der Waals surface area contributed by atoms with Crippen molar-refractivity contribution in [1.82, 2.24) is 0 Å². The van der Waals surface area contributed by atoms with E-state index in [-0.39, 0.29) is 6.10 Å². The van der Waals surface area contributed by atoms with Gasteiger partial charge in [-0.15, -0.1) is 11.8 Å². The van der Waals surface area contributed by atoms with Gasteiger partial charge in [0.15, 0.2) is 0 Å². The SMILES string of the molecule is CC(O)c1cccc(SCC2CCCO2)c1. The van der Waals surface area contributed by atoms with Crippen LogP contribution in [0.5, 0.6) is 0 Å². The second-order valence-electron chi connectivity index (χ2n) is 4.19. The van der Waals surface area contributed by atoms with Crippen LogP contribution in [0.25, 0.3) is 0 Å². The average molecular weight is 238 g/mol. The average Bonchev–Trinajstić information content (AvgIpc) is 2.79. The fourth-order valence-electron chi connectivity index (χ4n) is 1.83. The molecule has 1 saturated heterocycles. The number of hydrogen-bond acceptors (Lipinski definition) is 3. The molecular weight excluding hydrogens is 220 g/mol. The first-order valence-electron chi connectivity index (χ1n) is 5.78. The Morgan fingerprint density at radius 2 is 2.44 bits per heavy atom. The molecule has 1 fully saturated rings. The van der Waals surface area contributed by atoms with Crippen LogP contribution >= 0.6 is 11.8 Å². The molecule has 1 aliphatic heterocycles. The minimum atomic E-state index is -0.386. The Labute approximate surface area is 101 Å². The minimum Gasteiger partial charge on any atom is -0.389 e. The normalized spacial score (nSPS) is 22.2. The van der Waals surface area contributed by atoms with Crippen LogP contribution in [0.3, 0.4) is 0 Å². The molecule has 2 unspecified atom stereocenters. The van der Waals surface area contributed by atoms with Crippen molar-refractivity contribution in [3.63, 3.8) is 0 Å². The number of thioether (sulfide) groups is 1. The second kappa shape index (κ2) is 5.71. The summed E-state index contributed by atoms with van der Waals surface area (Å²) >= 11 is 1.81. The maximum Gasteiger partial charge on any atom is 0.0762 e. The van der Waals surface area contributed by atoms with Gasteiger partial charge < -0.3 is 9.84 Å². The highest BCUT2D eigenvalue weighted by molar-refractivity contribution is 7.99. The van der Waals surface area contributed by atoms with E-state index in [1.807, 2.05) is 23.9 Å². The van der Waals surface area contributed by atoms with Gasteiger partial charge in [0.25, 0.3) is 0 Å². The molecule has 0 spiro atoms. The molecule has 0 saturated carbocycles. The molecule has 2 rings (SSSR count). The quantitative estimate of drug-likeness (QED) is 0.818. The summed E-state index contributed by atoms with van der Waals surface area (Å²) in [4.78, 5) is 1.22. The summed E-state index contributed by atoms with van der Waals surface area (Å²) in [6.45, 7) is 2.71. The largest absolute Gasteiger partial charge is 0.389 e. The van der Waals surface area contributed by atoms with Crippen molar-refractivity contribution in [1.29, 1.82) is 0 Å². The highest BCUT2D eigenvalue weighted by atomic mass is 32.2. The Hall–Kier alpha value is -0.510. The maximum atomic E-state index is 9.49. The van der Waals surface area contributed by atoms with Gasteiger partial charge in [0.2, 0.25) is 0 Å². The standard InChI is InChI=1S/C13H18O2S/c1-10(14)11-4-2-6-13(8-11)16-9-12-5-3-7-15-12/h2,4,6,8,10,12,14H,3,5,7,9H2,1H3. The molecule has 0 aromatic heterocycles. The second-order valence-corrected chi connectivity index (χ2v) is 5.29. The van der Waals surface area contributed by atoms with E-state index >= 15 is 0 Å². The van der Waals surface area contributed by atoms with Gasteiger partial charge in [-0.25, -0.2) is 0 Å². The summed E-state index contributed by atoms with van der Waals surface area (Å²) in [6.07, 6.45) is 2.41. The molecule has 1 aromatic rings. The van der Waals surface area contributed by atoms with Crippen molar-refractivity contribution in [3.8, 4) is 0 Å². The van der Waals surface area contributed by atoms with Gasteiger partial charge in [-0.05, 0) is 37.5 Å². The molecule has 16 heavy (non-hydrogen) atoms. The first kappa shape index (κ1) is 12.0. The Bertz CT molecular complexity index is 332. The van der Waals surface area contributed by atoms with Crippen LogP contribution in [0.15, 0.2) is 29.2 Å². The number of ether oxygens (including phenoxy) is 1. The summed E-state index contributed by atoms with van der Waals surface area (Å²) in [7, 11) is 0. The van der Waals surface area contributed by atoms with Crippen molar-refractivity contribution in [2.45, 2.75) is 36.9 Å². The molecule has 1 aliphatic rings. The summed E-state index contributed by atoms with van der Waals surface area (Å²) in [5.41, 5.74) is 0.984. The Morgan fingerprint density at radius 3 is 3.12 bits per heavy atom. The molecule has 2 nitrogen and oxygen atoms in total. The van der Waals surface area contributed by atoms with Crippen LogP contribution in [0.2, 0.25) is 0 Å². The lowest BCUT2D eigenvalue weighted by Crippen LogP contribution is -2.07. The van der Waals surface area contributed by atoms with Crippen LogP contribution in [-0.4, -0.2) is 23.6 Å². The molecule has 88 valence electrons. The van der Waals surface area contributed by atoms with E-state index in [0.717, 1.165) is 17.9 Å². The van der Waals surface area contributed by atoms with E-state index in [0.29, 0.717) is 6.10 Å².